The van der Waals surface area contributed by atoms with Crippen LogP contribution in [-0.2, 0) is 0 Å². The standard InChI is InChI=1S/C10H13N.ClH/c1-7-9(10(7)11)8-5-3-2-4-6-8;/h2-7,9-10H,11H2,1H3;1H/t7-,9+,10-;/m0./s1. The summed E-state index contributed by atoms with van der Waals surface area (Å²) in [5.74, 6) is 1.30. The lowest BCUT2D eigenvalue weighted by Gasteiger charge is -1.95. The molecular weight excluding hydrogens is 170 g/mol. The van der Waals surface area contributed by atoms with Crippen LogP contribution in [0, 0.1) is 5.92 Å². The normalized spacial score (nSPS) is 32.3. The van der Waals surface area contributed by atoms with Gasteiger partial charge in [-0.2, -0.15) is 0 Å². The quantitative estimate of drug-likeness (QED) is 0.710. The van der Waals surface area contributed by atoms with Gasteiger partial charge in [-0.05, 0) is 11.5 Å². The summed E-state index contributed by atoms with van der Waals surface area (Å²) < 4.78 is 0. The van der Waals surface area contributed by atoms with Gasteiger partial charge in [0.1, 0.15) is 0 Å². The van der Waals surface area contributed by atoms with Crippen molar-refractivity contribution in [1.29, 1.82) is 0 Å². The first kappa shape index (κ1) is 9.56. The van der Waals surface area contributed by atoms with Crippen molar-refractivity contribution in [1.82, 2.24) is 0 Å². The molecule has 0 amide bonds. The zero-order valence-corrected chi connectivity index (χ0v) is 7.92. The Bertz CT molecular complexity index is 239. The van der Waals surface area contributed by atoms with Crippen LogP contribution in [0.3, 0.4) is 0 Å². The van der Waals surface area contributed by atoms with Crippen LogP contribution in [0.5, 0.6) is 0 Å². The molecule has 1 aliphatic carbocycles. The molecule has 0 aliphatic heterocycles. The fourth-order valence-electron chi connectivity index (χ4n) is 1.69. The third-order valence-electron chi connectivity index (χ3n) is 2.63. The van der Waals surface area contributed by atoms with Gasteiger partial charge in [-0.25, -0.2) is 0 Å². The average Bonchev–Trinajstić information content (AvgIpc) is 2.62. The van der Waals surface area contributed by atoms with E-state index in [1.165, 1.54) is 5.56 Å². The monoisotopic (exact) mass is 183 g/mol. The third kappa shape index (κ3) is 1.47. The molecule has 0 radical (unpaired) electrons. The number of benzene rings is 1. The molecular formula is C10H14ClN. The van der Waals surface area contributed by atoms with E-state index in [9.17, 15) is 0 Å². The number of nitrogens with two attached hydrogens (primary N) is 1. The van der Waals surface area contributed by atoms with E-state index in [1.807, 2.05) is 6.07 Å². The van der Waals surface area contributed by atoms with Gasteiger partial charge in [-0.15, -0.1) is 12.4 Å². The molecule has 0 bridgehead atoms. The lowest BCUT2D eigenvalue weighted by atomic mass is 10.1. The Kier molecular flexibility index (Phi) is 2.76. The Morgan fingerprint density at radius 3 is 2.08 bits per heavy atom. The van der Waals surface area contributed by atoms with E-state index < -0.39 is 0 Å². The largest absolute Gasteiger partial charge is 0.327 e. The average molecular weight is 184 g/mol. The van der Waals surface area contributed by atoms with Crippen LogP contribution in [0.4, 0.5) is 0 Å². The SMILES string of the molecule is C[C@@H]1[C@H](N)[C@H]1c1ccccc1.Cl. The highest BCUT2D eigenvalue weighted by atomic mass is 35.5. The maximum atomic E-state index is 5.84. The van der Waals surface area contributed by atoms with Gasteiger partial charge < -0.3 is 5.73 Å². The van der Waals surface area contributed by atoms with Gasteiger partial charge in [0.2, 0.25) is 0 Å². The highest BCUT2D eigenvalue weighted by molar-refractivity contribution is 5.85. The molecule has 0 unspecified atom stereocenters. The van der Waals surface area contributed by atoms with Gasteiger partial charge in [0.15, 0.2) is 0 Å². The number of hydrogen-bond acceptors (Lipinski definition) is 1. The van der Waals surface area contributed by atoms with Crippen molar-refractivity contribution in [2.45, 2.75) is 18.9 Å². The molecule has 3 atom stereocenters. The molecule has 1 aromatic carbocycles. The zero-order valence-electron chi connectivity index (χ0n) is 7.10. The van der Waals surface area contributed by atoms with E-state index in [4.69, 9.17) is 5.73 Å². The third-order valence-corrected chi connectivity index (χ3v) is 2.63. The molecule has 2 rings (SSSR count). The Labute approximate surface area is 79.4 Å². The maximum absolute atomic E-state index is 5.84. The molecule has 0 heterocycles. The van der Waals surface area contributed by atoms with Crippen LogP contribution in [0.1, 0.15) is 18.4 Å². The molecule has 12 heavy (non-hydrogen) atoms. The van der Waals surface area contributed by atoms with E-state index in [0.717, 1.165) is 0 Å². The summed E-state index contributed by atoms with van der Waals surface area (Å²) in [6.45, 7) is 2.21. The highest BCUT2D eigenvalue weighted by Crippen LogP contribution is 2.45. The predicted octanol–water partition coefficient (Wildman–Crippen LogP) is 2.17. The molecule has 0 aromatic heterocycles. The summed E-state index contributed by atoms with van der Waals surface area (Å²) in [5, 5.41) is 0. The van der Waals surface area contributed by atoms with Crippen molar-refractivity contribution >= 4 is 12.4 Å². The van der Waals surface area contributed by atoms with Gasteiger partial charge in [-0.1, -0.05) is 37.3 Å². The molecule has 1 aliphatic rings. The second kappa shape index (κ2) is 3.46. The van der Waals surface area contributed by atoms with Crippen molar-refractivity contribution in [2.75, 3.05) is 0 Å². The minimum absolute atomic E-state index is 0. The summed E-state index contributed by atoms with van der Waals surface area (Å²) in [4.78, 5) is 0. The molecule has 66 valence electrons. The molecule has 0 spiro atoms. The van der Waals surface area contributed by atoms with E-state index >= 15 is 0 Å². The summed E-state index contributed by atoms with van der Waals surface area (Å²) in [6.07, 6.45) is 0. The second-order valence-corrected chi connectivity index (χ2v) is 3.37. The topological polar surface area (TPSA) is 26.0 Å². The van der Waals surface area contributed by atoms with E-state index in [0.29, 0.717) is 17.9 Å². The molecule has 2 heteroatoms. The van der Waals surface area contributed by atoms with Gasteiger partial charge >= 0.3 is 0 Å². The number of halogens is 1. The van der Waals surface area contributed by atoms with Gasteiger partial charge in [0.05, 0.1) is 0 Å². The van der Waals surface area contributed by atoms with Crippen LogP contribution >= 0.6 is 12.4 Å². The summed E-state index contributed by atoms with van der Waals surface area (Å²) in [6, 6.07) is 10.9. The first-order chi connectivity index (χ1) is 5.30. The molecule has 0 saturated heterocycles. The fraction of sp³-hybridized carbons (Fsp3) is 0.400. The molecule has 1 fully saturated rings. The molecule has 1 aromatic rings. The van der Waals surface area contributed by atoms with Crippen molar-refractivity contribution in [3.8, 4) is 0 Å². The second-order valence-electron chi connectivity index (χ2n) is 3.37. The highest BCUT2D eigenvalue weighted by Gasteiger charge is 2.44. The predicted molar refractivity (Wildman–Crippen MR) is 53.6 cm³/mol. The summed E-state index contributed by atoms with van der Waals surface area (Å²) >= 11 is 0. The lowest BCUT2D eigenvalue weighted by molar-refractivity contribution is 0.885. The minimum Gasteiger partial charge on any atom is -0.327 e. The first-order valence-corrected chi connectivity index (χ1v) is 4.11. The van der Waals surface area contributed by atoms with Crippen molar-refractivity contribution in [3.05, 3.63) is 35.9 Å². The summed E-state index contributed by atoms with van der Waals surface area (Å²) in [7, 11) is 0. The minimum atomic E-state index is 0. The molecule has 1 saturated carbocycles. The van der Waals surface area contributed by atoms with Gasteiger partial charge in [-0.3, -0.25) is 0 Å². The van der Waals surface area contributed by atoms with E-state index in [-0.39, 0.29) is 12.4 Å². The number of hydrogen-bond donors (Lipinski definition) is 1. The van der Waals surface area contributed by atoms with E-state index in [1.54, 1.807) is 0 Å². The number of rotatable bonds is 1. The zero-order chi connectivity index (χ0) is 7.84. The summed E-state index contributed by atoms with van der Waals surface area (Å²) in [5.41, 5.74) is 7.24. The van der Waals surface area contributed by atoms with Crippen LogP contribution in [0.25, 0.3) is 0 Å². The smallest absolute Gasteiger partial charge is 0.0143 e. The van der Waals surface area contributed by atoms with Gasteiger partial charge in [0.25, 0.3) is 0 Å². The van der Waals surface area contributed by atoms with Crippen LogP contribution in [0.2, 0.25) is 0 Å². The molecule has 2 N–H and O–H groups in total. The van der Waals surface area contributed by atoms with Gasteiger partial charge in [0, 0.05) is 12.0 Å². The van der Waals surface area contributed by atoms with Crippen molar-refractivity contribution in [2.24, 2.45) is 11.7 Å². The first-order valence-electron chi connectivity index (χ1n) is 4.11. The van der Waals surface area contributed by atoms with Crippen molar-refractivity contribution in [3.63, 3.8) is 0 Å². The Balaban J connectivity index is 0.000000720. The van der Waals surface area contributed by atoms with Crippen LogP contribution in [0.15, 0.2) is 30.3 Å². The van der Waals surface area contributed by atoms with Crippen molar-refractivity contribution < 1.29 is 0 Å². The fourth-order valence-corrected chi connectivity index (χ4v) is 1.69. The van der Waals surface area contributed by atoms with Crippen LogP contribution in [-0.4, -0.2) is 6.04 Å². The lowest BCUT2D eigenvalue weighted by Crippen LogP contribution is -2.02. The Hall–Kier alpha value is -0.530. The Morgan fingerprint density at radius 2 is 1.67 bits per heavy atom. The van der Waals surface area contributed by atoms with Crippen LogP contribution < -0.4 is 5.73 Å². The Morgan fingerprint density at radius 1 is 1.17 bits per heavy atom. The molecule has 1 nitrogen and oxygen atoms in total. The maximum Gasteiger partial charge on any atom is 0.0143 e. The van der Waals surface area contributed by atoms with E-state index in [2.05, 4.69) is 31.2 Å².